The van der Waals surface area contributed by atoms with Gasteiger partial charge in [0.15, 0.2) is 0 Å². The summed E-state index contributed by atoms with van der Waals surface area (Å²) in [5.74, 6) is 0.872. The highest BCUT2D eigenvalue weighted by atomic mass is 16.5. The molecule has 4 N–H and O–H groups in total. The molecule has 2 rings (SSSR count). The summed E-state index contributed by atoms with van der Waals surface area (Å²) < 4.78 is 5.76. The van der Waals surface area contributed by atoms with Gasteiger partial charge in [-0.1, -0.05) is 24.3 Å². The smallest absolute Gasteiger partial charge is 0.122 e. The van der Waals surface area contributed by atoms with Gasteiger partial charge in [-0.3, -0.25) is 5.41 Å². The third-order valence-corrected chi connectivity index (χ3v) is 3.37. The quantitative estimate of drug-likeness (QED) is 0.563. The number of nitrogens with two attached hydrogens (primary N) is 1. The van der Waals surface area contributed by atoms with Gasteiger partial charge in [-0.05, 0) is 48.2 Å². The fraction of sp³-hybridized carbons (Fsp3) is 0.235. The van der Waals surface area contributed by atoms with Crippen LogP contribution in [0.3, 0.4) is 0 Å². The maximum atomic E-state index is 8.88. The van der Waals surface area contributed by atoms with Crippen LogP contribution >= 0.6 is 0 Å². The van der Waals surface area contributed by atoms with Crippen molar-refractivity contribution in [3.63, 3.8) is 0 Å². The molecule has 0 unspecified atom stereocenters. The van der Waals surface area contributed by atoms with Crippen molar-refractivity contribution in [1.82, 2.24) is 0 Å². The van der Waals surface area contributed by atoms with Crippen molar-refractivity contribution in [2.45, 2.75) is 20.0 Å². The van der Waals surface area contributed by atoms with Crippen molar-refractivity contribution < 1.29 is 9.84 Å². The number of hydrogen-bond acceptors (Lipinski definition) is 3. The van der Waals surface area contributed by atoms with Gasteiger partial charge in [-0.25, -0.2) is 0 Å². The van der Waals surface area contributed by atoms with E-state index in [2.05, 4.69) is 0 Å². The first-order valence-electron chi connectivity index (χ1n) is 6.86. The first-order chi connectivity index (χ1) is 10.1. The molecule has 0 aromatic heterocycles. The van der Waals surface area contributed by atoms with E-state index in [-0.39, 0.29) is 12.4 Å². The van der Waals surface area contributed by atoms with Crippen LogP contribution in [-0.4, -0.2) is 17.5 Å². The molecule has 0 amide bonds. The molecule has 2 aromatic rings. The van der Waals surface area contributed by atoms with E-state index >= 15 is 0 Å². The second kappa shape index (κ2) is 6.90. The standard InChI is InChI=1S/C17H20N2O2/c1-12-10-14(17(18)19)4-5-15(12)11-21-16-6-2-13(3-7-16)8-9-20/h2-7,10,20H,8-9,11H2,1H3,(H3,18,19). The topological polar surface area (TPSA) is 79.3 Å². The maximum Gasteiger partial charge on any atom is 0.122 e. The molecule has 0 aliphatic rings. The number of nitrogen functional groups attached to an aromatic ring is 1. The van der Waals surface area contributed by atoms with E-state index in [0.717, 1.165) is 28.0 Å². The van der Waals surface area contributed by atoms with Gasteiger partial charge in [0.25, 0.3) is 0 Å². The summed E-state index contributed by atoms with van der Waals surface area (Å²) in [6.07, 6.45) is 0.659. The maximum absolute atomic E-state index is 8.88. The molecule has 0 fully saturated rings. The lowest BCUT2D eigenvalue weighted by atomic mass is 10.1. The Morgan fingerprint density at radius 3 is 2.48 bits per heavy atom. The Kier molecular flexibility index (Phi) is 4.95. The van der Waals surface area contributed by atoms with Crippen molar-refractivity contribution in [2.24, 2.45) is 5.73 Å². The molecule has 0 heterocycles. The van der Waals surface area contributed by atoms with E-state index in [1.807, 2.05) is 49.4 Å². The Morgan fingerprint density at radius 1 is 1.19 bits per heavy atom. The number of nitrogens with one attached hydrogen (secondary N) is 1. The fourth-order valence-electron chi connectivity index (χ4n) is 2.07. The molecule has 0 saturated heterocycles. The zero-order chi connectivity index (χ0) is 15.2. The van der Waals surface area contributed by atoms with Crippen molar-refractivity contribution in [3.05, 3.63) is 64.7 Å². The van der Waals surface area contributed by atoms with E-state index < -0.39 is 0 Å². The number of rotatable bonds is 6. The van der Waals surface area contributed by atoms with Crippen molar-refractivity contribution in [3.8, 4) is 5.75 Å². The van der Waals surface area contributed by atoms with Gasteiger partial charge in [0.1, 0.15) is 18.2 Å². The fourth-order valence-corrected chi connectivity index (χ4v) is 2.07. The van der Waals surface area contributed by atoms with Crippen LogP contribution in [0.4, 0.5) is 0 Å². The molecule has 110 valence electrons. The van der Waals surface area contributed by atoms with Crippen LogP contribution in [0.5, 0.6) is 5.75 Å². The Hall–Kier alpha value is -2.33. The van der Waals surface area contributed by atoms with Crippen LogP contribution < -0.4 is 10.5 Å². The molecule has 0 aliphatic heterocycles. The first-order valence-corrected chi connectivity index (χ1v) is 6.86. The minimum Gasteiger partial charge on any atom is -0.489 e. The summed E-state index contributed by atoms with van der Waals surface area (Å²) in [7, 11) is 0. The average Bonchev–Trinajstić information content (AvgIpc) is 2.47. The molecule has 0 bridgehead atoms. The number of amidine groups is 1. The molecule has 21 heavy (non-hydrogen) atoms. The Balaban J connectivity index is 2.01. The van der Waals surface area contributed by atoms with Crippen molar-refractivity contribution >= 4 is 5.84 Å². The second-order valence-corrected chi connectivity index (χ2v) is 4.96. The van der Waals surface area contributed by atoms with Crippen LogP contribution in [-0.2, 0) is 13.0 Å². The molecule has 0 atom stereocenters. The number of benzene rings is 2. The van der Waals surface area contributed by atoms with Gasteiger partial charge < -0.3 is 15.6 Å². The van der Waals surface area contributed by atoms with Crippen LogP contribution in [0.1, 0.15) is 22.3 Å². The Labute approximate surface area is 124 Å². The van der Waals surface area contributed by atoms with E-state index in [1.165, 1.54) is 0 Å². The Bertz CT molecular complexity index is 621. The number of hydrogen-bond donors (Lipinski definition) is 3. The van der Waals surface area contributed by atoms with E-state index in [1.54, 1.807) is 0 Å². The van der Waals surface area contributed by atoms with Crippen LogP contribution in [0.25, 0.3) is 0 Å². The molecular weight excluding hydrogens is 264 g/mol. The highest BCUT2D eigenvalue weighted by molar-refractivity contribution is 5.95. The average molecular weight is 284 g/mol. The zero-order valence-electron chi connectivity index (χ0n) is 12.1. The summed E-state index contributed by atoms with van der Waals surface area (Å²) >= 11 is 0. The molecule has 4 nitrogen and oxygen atoms in total. The van der Waals surface area contributed by atoms with Crippen molar-refractivity contribution in [1.29, 1.82) is 5.41 Å². The van der Waals surface area contributed by atoms with Gasteiger partial charge in [0.05, 0.1) is 0 Å². The third-order valence-electron chi connectivity index (χ3n) is 3.37. The molecule has 0 aliphatic carbocycles. The highest BCUT2D eigenvalue weighted by Crippen LogP contribution is 2.17. The van der Waals surface area contributed by atoms with Gasteiger partial charge in [-0.15, -0.1) is 0 Å². The summed E-state index contributed by atoms with van der Waals surface area (Å²) in [5, 5.41) is 16.3. The summed E-state index contributed by atoms with van der Waals surface area (Å²) in [6, 6.07) is 13.4. The van der Waals surface area contributed by atoms with Crippen LogP contribution in [0.15, 0.2) is 42.5 Å². The monoisotopic (exact) mass is 284 g/mol. The van der Waals surface area contributed by atoms with Crippen LogP contribution in [0.2, 0.25) is 0 Å². The molecule has 0 radical (unpaired) electrons. The number of aliphatic hydroxyl groups excluding tert-OH is 1. The minimum absolute atomic E-state index is 0.0741. The third kappa shape index (κ3) is 4.07. The first kappa shape index (κ1) is 15.1. The molecule has 4 heteroatoms. The normalized spacial score (nSPS) is 10.4. The highest BCUT2D eigenvalue weighted by Gasteiger charge is 2.03. The molecular formula is C17H20N2O2. The lowest BCUT2D eigenvalue weighted by molar-refractivity contribution is 0.298. The van der Waals surface area contributed by atoms with E-state index in [4.69, 9.17) is 21.0 Å². The lowest BCUT2D eigenvalue weighted by Crippen LogP contribution is -2.11. The molecule has 0 saturated carbocycles. The predicted molar refractivity (Wildman–Crippen MR) is 83.8 cm³/mol. The number of ether oxygens (including phenoxy) is 1. The molecule has 2 aromatic carbocycles. The van der Waals surface area contributed by atoms with Crippen LogP contribution in [0, 0.1) is 12.3 Å². The molecule has 0 spiro atoms. The summed E-state index contributed by atoms with van der Waals surface area (Å²) in [5.41, 5.74) is 9.41. The van der Waals surface area contributed by atoms with Gasteiger partial charge in [0.2, 0.25) is 0 Å². The zero-order valence-corrected chi connectivity index (χ0v) is 12.1. The summed E-state index contributed by atoms with van der Waals surface area (Å²) in [6.45, 7) is 2.61. The number of aliphatic hydroxyl groups is 1. The summed E-state index contributed by atoms with van der Waals surface area (Å²) in [4.78, 5) is 0. The van der Waals surface area contributed by atoms with E-state index in [0.29, 0.717) is 13.0 Å². The largest absolute Gasteiger partial charge is 0.489 e. The SMILES string of the molecule is Cc1cc(C(=N)N)ccc1COc1ccc(CCO)cc1. The van der Waals surface area contributed by atoms with E-state index in [9.17, 15) is 0 Å². The minimum atomic E-state index is 0.0741. The Morgan fingerprint density at radius 2 is 1.90 bits per heavy atom. The van der Waals surface area contributed by atoms with Gasteiger partial charge >= 0.3 is 0 Å². The second-order valence-electron chi connectivity index (χ2n) is 4.96. The number of aryl methyl sites for hydroxylation is 1. The van der Waals surface area contributed by atoms with Gasteiger partial charge in [-0.2, -0.15) is 0 Å². The predicted octanol–water partition coefficient (Wildman–Crippen LogP) is 2.39. The van der Waals surface area contributed by atoms with Gasteiger partial charge in [0, 0.05) is 12.2 Å². The lowest BCUT2D eigenvalue weighted by Gasteiger charge is -2.10. The van der Waals surface area contributed by atoms with Crippen molar-refractivity contribution in [2.75, 3.05) is 6.61 Å².